The molecule has 4 aromatic carbocycles. The first-order chi connectivity index (χ1) is 14.9. The number of hydrogen-bond donors (Lipinski definition) is 2. The van der Waals surface area contributed by atoms with Crippen LogP contribution in [-0.4, -0.2) is 0 Å². The molecule has 0 radical (unpaired) electrons. The number of ether oxygens (including phenoxy) is 2. The summed E-state index contributed by atoms with van der Waals surface area (Å²) >= 11 is 0. The van der Waals surface area contributed by atoms with Gasteiger partial charge in [-0.3, -0.25) is 0 Å². The van der Waals surface area contributed by atoms with Crippen LogP contribution in [0.3, 0.4) is 0 Å². The molecule has 6 heteroatoms. The van der Waals surface area contributed by atoms with E-state index in [0.717, 1.165) is 0 Å². The van der Waals surface area contributed by atoms with Crippen molar-refractivity contribution in [1.29, 1.82) is 0 Å². The van der Waals surface area contributed by atoms with Gasteiger partial charge in [0.05, 0.1) is 0 Å². The molecule has 31 heavy (non-hydrogen) atoms. The van der Waals surface area contributed by atoms with Crippen molar-refractivity contribution in [2.24, 2.45) is 0 Å². The van der Waals surface area contributed by atoms with E-state index in [1.807, 2.05) is 0 Å². The Morgan fingerprint density at radius 3 is 1.00 bits per heavy atom. The minimum absolute atomic E-state index is 0.135. The summed E-state index contributed by atoms with van der Waals surface area (Å²) in [6, 6.07) is 25.1. The monoisotopic (exact) mass is 418 g/mol. The molecular weight excluding hydrogens is 398 g/mol. The Balaban J connectivity index is 1.46. The zero-order valence-corrected chi connectivity index (χ0v) is 16.5. The summed E-state index contributed by atoms with van der Waals surface area (Å²) in [6.07, 6.45) is 0. The molecule has 4 N–H and O–H groups in total. The second kappa shape index (κ2) is 8.36. The van der Waals surface area contributed by atoms with Gasteiger partial charge in [-0.1, -0.05) is 0 Å². The van der Waals surface area contributed by atoms with E-state index < -0.39 is 5.92 Å². The van der Waals surface area contributed by atoms with Gasteiger partial charge in [-0.25, -0.2) is 0 Å². The van der Waals surface area contributed by atoms with Crippen LogP contribution < -0.4 is 20.9 Å². The fourth-order valence-corrected chi connectivity index (χ4v) is 2.98. The van der Waals surface area contributed by atoms with Crippen LogP contribution in [0.5, 0.6) is 23.0 Å². The van der Waals surface area contributed by atoms with Gasteiger partial charge >= 0.3 is 0 Å². The molecule has 0 spiro atoms. The highest BCUT2D eigenvalue weighted by Gasteiger charge is 2.33. The summed E-state index contributed by atoms with van der Waals surface area (Å²) in [5.41, 5.74) is 12.3. The lowest BCUT2D eigenvalue weighted by atomic mass is 10.0. The van der Waals surface area contributed by atoms with Crippen LogP contribution in [-0.2, 0) is 5.92 Å². The molecular formula is C25H20F2N2O2. The topological polar surface area (TPSA) is 70.5 Å². The van der Waals surface area contributed by atoms with E-state index in [4.69, 9.17) is 20.9 Å². The Bertz CT molecular complexity index is 1050. The number of alkyl halides is 2. The van der Waals surface area contributed by atoms with Crippen LogP contribution in [0.1, 0.15) is 11.1 Å². The minimum atomic E-state index is -3.17. The van der Waals surface area contributed by atoms with Gasteiger partial charge in [0.2, 0.25) is 0 Å². The molecule has 4 rings (SSSR count). The number of halogens is 2. The van der Waals surface area contributed by atoms with E-state index in [0.29, 0.717) is 34.4 Å². The third-order valence-electron chi connectivity index (χ3n) is 4.67. The van der Waals surface area contributed by atoms with Gasteiger partial charge in [0.1, 0.15) is 23.0 Å². The van der Waals surface area contributed by atoms with Crippen LogP contribution in [0.4, 0.5) is 20.2 Å². The molecule has 0 fully saturated rings. The average molecular weight is 418 g/mol. The minimum Gasteiger partial charge on any atom is -0.457 e. The maximum atomic E-state index is 15.0. The summed E-state index contributed by atoms with van der Waals surface area (Å²) in [4.78, 5) is 0. The molecule has 0 aliphatic carbocycles. The van der Waals surface area contributed by atoms with Gasteiger partial charge in [0.25, 0.3) is 5.92 Å². The van der Waals surface area contributed by atoms with Gasteiger partial charge in [0, 0.05) is 22.5 Å². The molecule has 0 saturated carbocycles. The Morgan fingerprint density at radius 1 is 0.452 bits per heavy atom. The van der Waals surface area contributed by atoms with Crippen molar-refractivity contribution in [3.8, 4) is 23.0 Å². The van der Waals surface area contributed by atoms with Crippen LogP contribution in [0.15, 0.2) is 97.1 Å². The standard InChI is InChI=1S/C25H20F2N2O2/c26-25(27,17-1-9-21(10-2-17)30-23-13-5-19(28)6-14-23)18-3-11-22(12-4-18)31-24-15-7-20(29)8-16-24/h1-16H,28-29H2. The molecule has 0 saturated heterocycles. The molecule has 0 atom stereocenters. The molecule has 0 amide bonds. The molecule has 0 unspecified atom stereocenters. The molecule has 0 aliphatic heterocycles. The fraction of sp³-hybridized carbons (Fsp3) is 0.0400. The third-order valence-corrected chi connectivity index (χ3v) is 4.67. The van der Waals surface area contributed by atoms with E-state index in [2.05, 4.69) is 0 Å². The van der Waals surface area contributed by atoms with Crippen LogP contribution >= 0.6 is 0 Å². The van der Waals surface area contributed by atoms with Crippen molar-refractivity contribution in [3.05, 3.63) is 108 Å². The Labute approximate surface area is 178 Å². The highest BCUT2D eigenvalue weighted by atomic mass is 19.3. The summed E-state index contributed by atoms with van der Waals surface area (Å²) in [7, 11) is 0. The lowest BCUT2D eigenvalue weighted by Gasteiger charge is -2.18. The number of nitrogens with two attached hydrogens (primary N) is 2. The molecule has 0 bridgehead atoms. The zero-order chi connectivity index (χ0) is 21.8. The highest BCUT2D eigenvalue weighted by Crippen LogP contribution is 2.37. The van der Waals surface area contributed by atoms with Crippen LogP contribution in [0.2, 0.25) is 0 Å². The third kappa shape index (κ3) is 4.75. The van der Waals surface area contributed by atoms with E-state index in [-0.39, 0.29) is 11.1 Å². The van der Waals surface area contributed by atoms with Gasteiger partial charge in [-0.15, -0.1) is 0 Å². The number of rotatable bonds is 6. The normalized spacial score (nSPS) is 11.2. The lowest BCUT2D eigenvalue weighted by Crippen LogP contribution is -2.14. The van der Waals surface area contributed by atoms with E-state index in [9.17, 15) is 8.78 Å². The predicted molar refractivity (Wildman–Crippen MR) is 118 cm³/mol. The van der Waals surface area contributed by atoms with Crippen molar-refractivity contribution < 1.29 is 18.3 Å². The van der Waals surface area contributed by atoms with Crippen molar-refractivity contribution in [2.45, 2.75) is 5.92 Å². The first-order valence-corrected chi connectivity index (χ1v) is 9.56. The highest BCUT2D eigenvalue weighted by molar-refractivity contribution is 5.45. The molecule has 156 valence electrons. The van der Waals surface area contributed by atoms with Gasteiger partial charge in [-0.05, 0) is 97.1 Å². The van der Waals surface area contributed by atoms with Crippen LogP contribution in [0.25, 0.3) is 0 Å². The van der Waals surface area contributed by atoms with Crippen LogP contribution in [0, 0.1) is 0 Å². The average Bonchev–Trinajstić information content (AvgIpc) is 2.78. The molecule has 0 heterocycles. The Morgan fingerprint density at radius 2 is 0.710 bits per heavy atom. The van der Waals surface area contributed by atoms with Crippen molar-refractivity contribution >= 4 is 11.4 Å². The van der Waals surface area contributed by atoms with E-state index in [1.165, 1.54) is 48.5 Å². The van der Waals surface area contributed by atoms with E-state index in [1.54, 1.807) is 48.5 Å². The second-order valence-electron chi connectivity index (χ2n) is 6.97. The number of hydrogen-bond acceptors (Lipinski definition) is 4. The summed E-state index contributed by atoms with van der Waals surface area (Å²) in [6.45, 7) is 0. The zero-order valence-electron chi connectivity index (χ0n) is 16.5. The second-order valence-corrected chi connectivity index (χ2v) is 6.97. The largest absolute Gasteiger partial charge is 0.457 e. The predicted octanol–water partition coefficient (Wildman–Crippen LogP) is 6.58. The van der Waals surface area contributed by atoms with Crippen molar-refractivity contribution in [3.63, 3.8) is 0 Å². The quantitative estimate of drug-likeness (QED) is 0.347. The molecule has 0 aromatic heterocycles. The number of anilines is 2. The lowest BCUT2D eigenvalue weighted by molar-refractivity contribution is 0.0428. The smallest absolute Gasteiger partial charge is 0.298 e. The first kappa shape index (κ1) is 20.2. The maximum absolute atomic E-state index is 15.0. The molecule has 4 aromatic rings. The SMILES string of the molecule is Nc1ccc(Oc2ccc(C(F)(F)c3ccc(Oc4ccc(N)cc4)cc3)cc2)cc1. The summed E-state index contributed by atoms with van der Waals surface area (Å²) in [5, 5.41) is 0. The Kier molecular flexibility index (Phi) is 5.45. The van der Waals surface area contributed by atoms with Gasteiger partial charge in [-0.2, -0.15) is 8.78 Å². The molecule has 4 nitrogen and oxygen atoms in total. The maximum Gasteiger partial charge on any atom is 0.298 e. The first-order valence-electron chi connectivity index (χ1n) is 9.56. The van der Waals surface area contributed by atoms with Crippen molar-refractivity contribution in [2.75, 3.05) is 11.5 Å². The Hall–Kier alpha value is -4.06. The number of benzene rings is 4. The summed E-state index contributed by atoms with van der Waals surface area (Å²) < 4.78 is 41.3. The summed E-state index contributed by atoms with van der Waals surface area (Å²) in [5.74, 6) is -1.11. The van der Waals surface area contributed by atoms with Crippen molar-refractivity contribution in [1.82, 2.24) is 0 Å². The number of nitrogen functional groups attached to an aromatic ring is 2. The van der Waals surface area contributed by atoms with Gasteiger partial charge < -0.3 is 20.9 Å². The molecule has 0 aliphatic rings. The van der Waals surface area contributed by atoms with Gasteiger partial charge in [0.15, 0.2) is 0 Å². The fourth-order valence-electron chi connectivity index (χ4n) is 2.98. The van der Waals surface area contributed by atoms with E-state index >= 15 is 0 Å².